The first-order valence-electron chi connectivity index (χ1n) is 9.32. The Hall–Kier alpha value is -2.54. The van der Waals surface area contributed by atoms with Gasteiger partial charge in [0.15, 0.2) is 0 Å². The summed E-state index contributed by atoms with van der Waals surface area (Å²) in [4.78, 5) is 27.7. The number of nitrogens with one attached hydrogen (secondary N) is 1. The summed E-state index contributed by atoms with van der Waals surface area (Å²) in [5.41, 5.74) is 0.748. The highest BCUT2D eigenvalue weighted by Crippen LogP contribution is 2.22. The number of urea groups is 1. The summed E-state index contributed by atoms with van der Waals surface area (Å²) < 4.78 is 0. The van der Waals surface area contributed by atoms with Crippen LogP contribution in [0.25, 0.3) is 0 Å². The zero-order valence-electron chi connectivity index (χ0n) is 15.1. The Kier molecular flexibility index (Phi) is 5.29. The molecule has 27 heavy (non-hydrogen) atoms. The maximum absolute atomic E-state index is 12.5. The maximum atomic E-state index is 12.5. The number of nitrogens with zero attached hydrogens (tertiary/aromatic N) is 5. The van der Waals surface area contributed by atoms with Crippen LogP contribution in [0.4, 0.5) is 22.1 Å². The van der Waals surface area contributed by atoms with E-state index in [0.717, 1.165) is 43.5 Å². The standard InChI is InChI=1S/C19H23ClN6O/c20-15-3-5-16(6-4-15)23-19(27)26-11-9-25(10-12-26)18-13-17(21-14-22-18)24-7-1-2-8-24/h3-6,13-14H,1-2,7-12H2,(H,23,27). The van der Waals surface area contributed by atoms with E-state index in [1.807, 2.05) is 4.90 Å². The third kappa shape index (κ3) is 4.24. The SMILES string of the molecule is O=C(Nc1ccc(Cl)cc1)N1CCN(c2cc(N3CCCC3)ncn2)CC1. The molecular weight excluding hydrogens is 364 g/mol. The Morgan fingerprint density at radius 2 is 1.48 bits per heavy atom. The van der Waals surface area contributed by atoms with Crippen LogP contribution in [-0.2, 0) is 0 Å². The summed E-state index contributed by atoms with van der Waals surface area (Å²) in [6, 6.07) is 9.12. The van der Waals surface area contributed by atoms with Gasteiger partial charge in [0.25, 0.3) is 0 Å². The highest BCUT2D eigenvalue weighted by Gasteiger charge is 2.23. The first kappa shape index (κ1) is 17.9. The van der Waals surface area contributed by atoms with Crippen molar-refractivity contribution in [2.75, 3.05) is 54.4 Å². The molecule has 0 bridgehead atoms. The van der Waals surface area contributed by atoms with Gasteiger partial charge in [-0.15, -0.1) is 0 Å². The first-order valence-corrected chi connectivity index (χ1v) is 9.70. The molecule has 2 aliphatic rings. The van der Waals surface area contributed by atoms with Gasteiger partial charge in [-0.2, -0.15) is 0 Å². The molecule has 1 N–H and O–H groups in total. The van der Waals surface area contributed by atoms with Gasteiger partial charge < -0.3 is 20.0 Å². The molecule has 8 heteroatoms. The highest BCUT2D eigenvalue weighted by atomic mass is 35.5. The lowest BCUT2D eigenvalue weighted by atomic mass is 10.3. The van der Waals surface area contributed by atoms with Crippen molar-refractivity contribution in [2.24, 2.45) is 0 Å². The van der Waals surface area contributed by atoms with E-state index >= 15 is 0 Å². The predicted octanol–water partition coefficient (Wildman–Crippen LogP) is 3.08. The minimum absolute atomic E-state index is 0.0857. The van der Waals surface area contributed by atoms with Crippen molar-refractivity contribution in [3.63, 3.8) is 0 Å². The molecule has 0 saturated carbocycles. The molecule has 142 valence electrons. The van der Waals surface area contributed by atoms with E-state index in [4.69, 9.17) is 11.6 Å². The van der Waals surface area contributed by atoms with Gasteiger partial charge in [-0.3, -0.25) is 0 Å². The molecule has 2 amide bonds. The number of halogens is 1. The number of benzene rings is 1. The van der Waals surface area contributed by atoms with Gasteiger partial charge in [-0.05, 0) is 37.1 Å². The fourth-order valence-corrected chi connectivity index (χ4v) is 3.63. The second kappa shape index (κ2) is 8.00. The number of hydrogen-bond donors (Lipinski definition) is 1. The lowest BCUT2D eigenvalue weighted by molar-refractivity contribution is 0.208. The van der Waals surface area contributed by atoms with Crippen molar-refractivity contribution in [3.05, 3.63) is 41.7 Å². The van der Waals surface area contributed by atoms with Crippen LogP contribution in [0.2, 0.25) is 5.02 Å². The first-order chi connectivity index (χ1) is 13.2. The molecule has 2 aromatic rings. The summed E-state index contributed by atoms with van der Waals surface area (Å²) in [6.45, 7) is 4.95. The number of anilines is 3. The number of rotatable bonds is 3. The molecule has 0 spiro atoms. The highest BCUT2D eigenvalue weighted by molar-refractivity contribution is 6.30. The molecule has 0 aliphatic carbocycles. The van der Waals surface area contributed by atoms with Gasteiger partial charge in [0.1, 0.15) is 18.0 Å². The number of piperazine rings is 1. The number of hydrogen-bond acceptors (Lipinski definition) is 5. The molecule has 2 saturated heterocycles. The Balaban J connectivity index is 1.34. The van der Waals surface area contributed by atoms with Crippen molar-refractivity contribution in [1.82, 2.24) is 14.9 Å². The Bertz CT molecular complexity index is 785. The van der Waals surface area contributed by atoms with E-state index in [1.165, 1.54) is 12.8 Å². The van der Waals surface area contributed by atoms with Crippen molar-refractivity contribution >= 4 is 35.0 Å². The minimum atomic E-state index is -0.0857. The van der Waals surface area contributed by atoms with E-state index in [0.29, 0.717) is 18.1 Å². The Labute approximate surface area is 163 Å². The second-order valence-corrected chi connectivity index (χ2v) is 7.28. The van der Waals surface area contributed by atoms with E-state index in [9.17, 15) is 4.79 Å². The molecule has 0 radical (unpaired) electrons. The quantitative estimate of drug-likeness (QED) is 0.878. The van der Waals surface area contributed by atoms with Gasteiger partial charge in [0.05, 0.1) is 0 Å². The van der Waals surface area contributed by atoms with Crippen LogP contribution in [-0.4, -0.2) is 60.2 Å². The zero-order chi connectivity index (χ0) is 18.6. The Morgan fingerprint density at radius 3 is 2.11 bits per heavy atom. The third-order valence-corrected chi connectivity index (χ3v) is 5.31. The van der Waals surface area contributed by atoms with Crippen LogP contribution in [0.1, 0.15) is 12.8 Å². The van der Waals surface area contributed by atoms with Crippen LogP contribution in [0, 0.1) is 0 Å². The van der Waals surface area contributed by atoms with Crippen LogP contribution in [0.3, 0.4) is 0 Å². The number of amides is 2. The van der Waals surface area contributed by atoms with E-state index in [2.05, 4.69) is 31.2 Å². The van der Waals surface area contributed by atoms with E-state index < -0.39 is 0 Å². The van der Waals surface area contributed by atoms with E-state index in [1.54, 1.807) is 30.6 Å². The maximum Gasteiger partial charge on any atom is 0.321 e. The molecule has 0 atom stereocenters. The van der Waals surface area contributed by atoms with Gasteiger partial charge in [-0.25, -0.2) is 14.8 Å². The van der Waals surface area contributed by atoms with Gasteiger partial charge in [0, 0.05) is 56.0 Å². The molecule has 1 aromatic carbocycles. The lowest BCUT2D eigenvalue weighted by Gasteiger charge is -2.35. The molecule has 1 aromatic heterocycles. The molecule has 4 rings (SSSR count). The number of carbonyl (C=O) groups excluding carboxylic acids is 1. The molecule has 2 fully saturated rings. The van der Waals surface area contributed by atoms with Gasteiger partial charge >= 0.3 is 6.03 Å². The summed E-state index contributed by atoms with van der Waals surface area (Å²) in [5.74, 6) is 1.94. The number of aromatic nitrogens is 2. The number of carbonyl (C=O) groups is 1. The minimum Gasteiger partial charge on any atom is -0.356 e. The lowest BCUT2D eigenvalue weighted by Crippen LogP contribution is -2.50. The molecule has 2 aliphatic heterocycles. The monoisotopic (exact) mass is 386 g/mol. The van der Waals surface area contributed by atoms with E-state index in [-0.39, 0.29) is 6.03 Å². The van der Waals surface area contributed by atoms with Crippen LogP contribution < -0.4 is 15.1 Å². The zero-order valence-corrected chi connectivity index (χ0v) is 15.9. The fraction of sp³-hybridized carbons (Fsp3) is 0.421. The van der Waals surface area contributed by atoms with Crippen molar-refractivity contribution in [3.8, 4) is 0 Å². The van der Waals surface area contributed by atoms with Gasteiger partial charge in [-0.1, -0.05) is 11.6 Å². The van der Waals surface area contributed by atoms with Crippen LogP contribution in [0.5, 0.6) is 0 Å². The molecule has 0 unspecified atom stereocenters. The third-order valence-electron chi connectivity index (χ3n) is 5.05. The van der Waals surface area contributed by atoms with Crippen molar-refractivity contribution in [2.45, 2.75) is 12.8 Å². The average Bonchev–Trinajstić information content (AvgIpc) is 3.25. The fourth-order valence-electron chi connectivity index (χ4n) is 3.50. The Morgan fingerprint density at radius 1 is 0.889 bits per heavy atom. The molecule has 7 nitrogen and oxygen atoms in total. The largest absolute Gasteiger partial charge is 0.356 e. The van der Waals surface area contributed by atoms with Crippen molar-refractivity contribution < 1.29 is 4.79 Å². The summed E-state index contributed by atoms with van der Waals surface area (Å²) in [7, 11) is 0. The second-order valence-electron chi connectivity index (χ2n) is 6.84. The predicted molar refractivity (Wildman–Crippen MR) is 108 cm³/mol. The van der Waals surface area contributed by atoms with Gasteiger partial charge in [0.2, 0.25) is 0 Å². The molecule has 3 heterocycles. The van der Waals surface area contributed by atoms with Crippen molar-refractivity contribution in [1.29, 1.82) is 0 Å². The summed E-state index contributed by atoms with van der Waals surface area (Å²) in [6.07, 6.45) is 4.09. The average molecular weight is 387 g/mol. The van der Waals surface area contributed by atoms with Crippen LogP contribution >= 0.6 is 11.6 Å². The normalized spacial score (nSPS) is 17.3. The smallest absolute Gasteiger partial charge is 0.321 e. The topological polar surface area (TPSA) is 64.6 Å². The van der Waals surface area contributed by atoms with Crippen LogP contribution in [0.15, 0.2) is 36.7 Å². The summed E-state index contributed by atoms with van der Waals surface area (Å²) in [5, 5.41) is 3.57. The molecular formula is C19H23ClN6O. The summed E-state index contributed by atoms with van der Waals surface area (Å²) >= 11 is 5.88.